The minimum Gasteiger partial charge on any atom is -0.379 e. The Bertz CT molecular complexity index is 1590. The molecule has 1 aliphatic heterocycles. The van der Waals surface area contributed by atoms with Gasteiger partial charge in [-0.1, -0.05) is 101 Å². The quantitative estimate of drug-likeness (QED) is 0.356. The van der Waals surface area contributed by atoms with Gasteiger partial charge in [-0.05, 0) is 24.3 Å². The van der Waals surface area contributed by atoms with E-state index in [1.54, 1.807) is 0 Å². The monoisotopic (exact) mass is 471 g/mol. The fourth-order valence-electron chi connectivity index (χ4n) is 5.01. The first-order valence-corrected chi connectivity index (χ1v) is 11.8. The summed E-state index contributed by atoms with van der Waals surface area (Å²) in [4.78, 5) is 6.39. The molecule has 4 aromatic carbocycles. The topological polar surface area (TPSA) is 83.0 Å². The standard InChI is InChI=1S/C28H21N7O/c1-3-11-20(12-4-1)28(21-13-5-2-6-14-21)19-24(31-36-28)27(34-25-17-9-7-15-22(25)29-32-34)35-26-18-10-8-16-23(26)30-33-35/h1-18,27H,19H2. The van der Waals surface area contributed by atoms with Gasteiger partial charge in [-0.15, -0.1) is 10.2 Å². The lowest BCUT2D eigenvalue weighted by Gasteiger charge is -2.28. The first kappa shape index (κ1) is 20.5. The Hall–Kier alpha value is -4.85. The predicted molar refractivity (Wildman–Crippen MR) is 136 cm³/mol. The zero-order valence-corrected chi connectivity index (χ0v) is 19.2. The van der Waals surface area contributed by atoms with E-state index in [0.717, 1.165) is 38.9 Å². The molecule has 0 spiro atoms. The van der Waals surface area contributed by atoms with Crippen LogP contribution in [0, 0.1) is 0 Å². The first-order chi connectivity index (χ1) is 17.8. The van der Waals surface area contributed by atoms with Gasteiger partial charge in [-0.2, -0.15) is 0 Å². The second kappa shape index (κ2) is 8.13. The van der Waals surface area contributed by atoms with Crippen molar-refractivity contribution in [1.82, 2.24) is 30.0 Å². The molecule has 2 aromatic heterocycles. The van der Waals surface area contributed by atoms with Crippen LogP contribution in [0.25, 0.3) is 22.1 Å². The molecule has 7 rings (SSSR count). The molecule has 0 saturated carbocycles. The highest BCUT2D eigenvalue weighted by molar-refractivity contribution is 5.93. The minimum atomic E-state index is -0.775. The van der Waals surface area contributed by atoms with E-state index in [0.29, 0.717) is 6.42 Å². The summed E-state index contributed by atoms with van der Waals surface area (Å²) < 4.78 is 3.70. The summed E-state index contributed by atoms with van der Waals surface area (Å²) in [6, 6.07) is 36.2. The molecule has 3 heterocycles. The molecule has 1 aliphatic rings. The molecular formula is C28H21N7O. The van der Waals surface area contributed by atoms with Gasteiger partial charge in [0.15, 0.2) is 11.8 Å². The maximum atomic E-state index is 6.39. The zero-order valence-electron chi connectivity index (χ0n) is 19.2. The number of para-hydroxylation sites is 2. The molecule has 174 valence electrons. The summed E-state index contributed by atoms with van der Waals surface area (Å²) in [7, 11) is 0. The molecule has 36 heavy (non-hydrogen) atoms. The SMILES string of the molecule is c1ccc(C2(c3ccccc3)CC(C(n3nnc4ccccc43)n3nnc4ccccc43)=NO2)cc1. The minimum absolute atomic E-state index is 0.508. The van der Waals surface area contributed by atoms with Crippen molar-refractivity contribution in [2.75, 3.05) is 0 Å². The molecule has 0 saturated heterocycles. The molecule has 0 fully saturated rings. The van der Waals surface area contributed by atoms with Gasteiger partial charge in [-0.25, -0.2) is 9.36 Å². The van der Waals surface area contributed by atoms with Crippen LogP contribution in [0.3, 0.4) is 0 Å². The smallest absolute Gasteiger partial charge is 0.193 e. The van der Waals surface area contributed by atoms with E-state index >= 15 is 0 Å². The number of oxime groups is 1. The summed E-state index contributed by atoms with van der Waals surface area (Å²) in [6.07, 6.45) is -0.00672. The zero-order chi connectivity index (χ0) is 24.0. The number of fused-ring (bicyclic) bond motifs is 2. The second-order valence-electron chi connectivity index (χ2n) is 8.83. The third-order valence-electron chi connectivity index (χ3n) is 6.75. The lowest BCUT2D eigenvalue weighted by Crippen LogP contribution is -2.33. The molecule has 0 bridgehead atoms. The molecule has 0 atom stereocenters. The van der Waals surface area contributed by atoms with Crippen molar-refractivity contribution < 1.29 is 4.84 Å². The van der Waals surface area contributed by atoms with Gasteiger partial charge in [0.25, 0.3) is 0 Å². The lowest BCUT2D eigenvalue weighted by molar-refractivity contribution is 0.0112. The summed E-state index contributed by atoms with van der Waals surface area (Å²) in [5, 5.41) is 22.6. The third kappa shape index (κ3) is 3.11. The Morgan fingerprint density at radius 2 is 1.08 bits per heavy atom. The summed E-state index contributed by atoms with van der Waals surface area (Å²) >= 11 is 0. The van der Waals surface area contributed by atoms with Crippen molar-refractivity contribution in [3.05, 3.63) is 120 Å². The summed E-state index contributed by atoms with van der Waals surface area (Å²) in [5.41, 5.74) is 5.40. The molecule has 8 heteroatoms. The Morgan fingerprint density at radius 3 is 1.61 bits per heavy atom. The van der Waals surface area contributed by atoms with Crippen LogP contribution in [0.15, 0.2) is 114 Å². The van der Waals surface area contributed by atoms with Crippen LogP contribution in [0.2, 0.25) is 0 Å². The van der Waals surface area contributed by atoms with Crippen LogP contribution in [0.1, 0.15) is 23.7 Å². The molecular weight excluding hydrogens is 450 g/mol. The second-order valence-corrected chi connectivity index (χ2v) is 8.83. The van der Waals surface area contributed by atoms with Crippen LogP contribution in [-0.4, -0.2) is 35.7 Å². The van der Waals surface area contributed by atoms with Crippen LogP contribution in [-0.2, 0) is 10.4 Å². The van der Waals surface area contributed by atoms with Crippen molar-refractivity contribution in [2.24, 2.45) is 5.16 Å². The number of nitrogens with zero attached hydrogens (tertiary/aromatic N) is 7. The van der Waals surface area contributed by atoms with E-state index in [4.69, 9.17) is 9.99 Å². The van der Waals surface area contributed by atoms with Gasteiger partial charge in [0.05, 0.1) is 11.0 Å². The average Bonchev–Trinajstić information content (AvgIpc) is 3.69. The van der Waals surface area contributed by atoms with E-state index < -0.39 is 11.8 Å². The highest BCUT2D eigenvalue weighted by atomic mass is 16.7. The van der Waals surface area contributed by atoms with Crippen LogP contribution in [0.4, 0.5) is 0 Å². The lowest BCUT2D eigenvalue weighted by atomic mass is 9.82. The van der Waals surface area contributed by atoms with Crippen LogP contribution >= 0.6 is 0 Å². The first-order valence-electron chi connectivity index (χ1n) is 11.8. The summed E-state index contributed by atoms with van der Waals surface area (Å²) in [6.45, 7) is 0. The summed E-state index contributed by atoms with van der Waals surface area (Å²) in [5.74, 6) is 0. The Labute approximate surface area is 206 Å². The maximum Gasteiger partial charge on any atom is 0.193 e. The predicted octanol–water partition coefficient (Wildman–Crippen LogP) is 4.94. The van der Waals surface area contributed by atoms with E-state index in [1.807, 2.05) is 94.3 Å². The molecule has 0 aliphatic carbocycles. The van der Waals surface area contributed by atoms with Gasteiger partial charge < -0.3 is 4.84 Å². The highest BCUT2D eigenvalue weighted by Crippen LogP contribution is 2.43. The van der Waals surface area contributed by atoms with E-state index in [-0.39, 0.29) is 0 Å². The number of hydrogen-bond acceptors (Lipinski definition) is 6. The van der Waals surface area contributed by atoms with Crippen molar-refractivity contribution in [2.45, 2.75) is 18.2 Å². The Balaban J connectivity index is 1.42. The van der Waals surface area contributed by atoms with Crippen molar-refractivity contribution in [3.8, 4) is 0 Å². The van der Waals surface area contributed by atoms with Crippen LogP contribution in [0.5, 0.6) is 0 Å². The molecule has 6 aromatic rings. The number of aromatic nitrogens is 6. The van der Waals surface area contributed by atoms with Crippen molar-refractivity contribution in [3.63, 3.8) is 0 Å². The molecule has 0 amide bonds. The fraction of sp³-hybridized carbons (Fsp3) is 0.107. The molecule has 0 unspecified atom stereocenters. The largest absolute Gasteiger partial charge is 0.379 e. The number of hydrogen-bond donors (Lipinski definition) is 0. The molecule has 0 radical (unpaired) electrons. The number of rotatable bonds is 5. The van der Waals surface area contributed by atoms with Crippen LogP contribution < -0.4 is 0 Å². The molecule has 8 nitrogen and oxygen atoms in total. The Morgan fingerprint density at radius 1 is 0.611 bits per heavy atom. The Kier molecular flexibility index (Phi) is 4.63. The van der Waals surface area contributed by atoms with Gasteiger partial charge in [0.2, 0.25) is 0 Å². The van der Waals surface area contributed by atoms with Gasteiger partial charge in [0, 0.05) is 17.5 Å². The van der Waals surface area contributed by atoms with Crippen molar-refractivity contribution >= 4 is 27.8 Å². The fourth-order valence-corrected chi connectivity index (χ4v) is 5.01. The molecule has 0 N–H and O–H groups in total. The maximum absolute atomic E-state index is 6.39. The highest BCUT2D eigenvalue weighted by Gasteiger charge is 2.46. The van der Waals surface area contributed by atoms with E-state index in [2.05, 4.69) is 44.9 Å². The van der Waals surface area contributed by atoms with E-state index in [1.165, 1.54) is 0 Å². The van der Waals surface area contributed by atoms with Gasteiger partial charge in [-0.3, -0.25) is 0 Å². The van der Waals surface area contributed by atoms with Gasteiger partial charge >= 0.3 is 0 Å². The normalized spacial score (nSPS) is 14.9. The van der Waals surface area contributed by atoms with Crippen molar-refractivity contribution in [1.29, 1.82) is 0 Å². The average molecular weight is 472 g/mol. The van der Waals surface area contributed by atoms with E-state index in [9.17, 15) is 0 Å². The third-order valence-corrected chi connectivity index (χ3v) is 6.75. The number of benzene rings is 4. The van der Waals surface area contributed by atoms with Gasteiger partial charge in [0.1, 0.15) is 16.7 Å².